The van der Waals surface area contributed by atoms with Crippen LogP contribution in [0.5, 0.6) is 5.75 Å². The lowest BCUT2D eigenvalue weighted by Gasteiger charge is -2.05. The van der Waals surface area contributed by atoms with Crippen molar-refractivity contribution in [3.63, 3.8) is 0 Å². The molecule has 0 amide bonds. The topological polar surface area (TPSA) is 45.7 Å². The highest BCUT2D eigenvalue weighted by Crippen LogP contribution is 2.14. The first kappa shape index (κ1) is 13.2. The Morgan fingerprint density at radius 1 is 1.53 bits per heavy atom. The summed E-state index contributed by atoms with van der Waals surface area (Å²) in [6, 6.07) is 7.60. The molecular weight excluding hydrogens is 234 g/mol. The number of thiocarbonyl (C=S) groups is 1. The lowest BCUT2D eigenvalue weighted by Crippen LogP contribution is -2.31. The molecule has 90 valence electrons. The zero-order valence-corrected chi connectivity index (χ0v) is 10.5. The minimum absolute atomic E-state index is 0.455. The van der Waals surface area contributed by atoms with E-state index in [9.17, 15) is 0 Å². The summed E-state index contributed by atoms with van der Waals surface area (Å²) in [6.45, 7) is 4.19. The molecule has 0 bridgehead atoms. The van der Waals surface area contributed by atoms with Crippen LogP contribution < -0.4 is 15.5 Å². The van der Waals surface area contributed by atoms with Crippen LogP contribution in [0.25, 0.3) is 0 Å². The first-order chi connectivity index (χ1) is 8.27. The van der Waals surface area contributed by atoms with Crippen LogP contribution in [0.4, 0.5) is 0 Å². The highest BCUT2D eigenvalue weighted by Gasteiger charge is 1.97. The molecule has 1 aromatic rings. The van der Waals surface area contributed by atoms with Gasteiger partial charge in [0.05, 0.1) is 13.3 Å². The van der Waals surface area contributed by atoms with Gasteiger partial charge in [-0.15, -0.1) is 6.58 Å². The second-order valence-electron chi connectivity index (χ2n) is 3.11. The number of para-hydroxylation sites is 1. The molecule has 0 atom stereocenters. The van der Waals surface area contributed by atoms with E-state index in [-0.39, 0.29) is 0 Å². The highest BCUT2D eigenvalue weighted by atomic mass is 32.1. The van der Waals surface area contributed by atoms with Gasteiger partial charge in [0.25, 0.3) is 0 Å². The molecule has 0 aliphatic rings. The van der Waals surface area contributed by atoms with Gasteiger partial charge in [-0.2, -0.15) is 5.10 Å². The van der Waals surface area contributed by atoms with Gasteiger partial charge < -0.3 is 10.1 Å². The second-order valence-corrected chi connectivity index (χ2v) is 3.52. The summed E-state index contributed by atoms with van der Waals surface area (Å²) in [7, 11) is 1.62. The Morgan fingerprint density at radius 2 is 2.29 bits per heavy atom. The largest absolute Gasteiger partial charge is 0.496 e. The predicted molar refractivity (Wildman–Crippen MR) is 74.5 cm³/mol. The second kappa shape index (κ2) is 7.40. The van der Waals surface area contributed by atoms with Crippen LogP contribution in [0.1, 0.15) is 5.56 Å². The summed E-state index contributed by atoms with van der Waals surface area (Å²) in [6.07, 6.45) is 3.37. The van der Waals surface area contributed by atoms with E-state index < -0.39 is 0 Å². The quantitative estimate of drug-likeness (QED) is 0.361. The maximum Gasteiger partial charge on any atom is 0.187 e. The number of ether oxygens (including phenoxy) is 1. The van der Waals surface area contributed by atoms with E-state index in [0.717, 1.165) is 11.3 Å². The van der Waals surface area contributed by atoms with Crippen molar-refractivity contribution in [1.82, 2.24) is 10.7 Å². The van der Waals surface area contributed by atoms with Crippen molar-refractivity contribution < 1.29 is 4.74 Å². The Kier molecular flexibility index (Phi) is 5.74. The Bertz CT molecular complexity index is 418. The van der Waals surface area contributed by atoms with E-state index in [1.807, 2.05) is 24.3 Å². The highest BCUT2D eigenvalue weighted by molar-refractivity contribution is 7.80. The number of hydrogen-bond donors (Lipinski definition) is 2. The number of hydrazone groups is 1. The van der Waals surface area contributed by atoms with Crippen molar-refractivity contribution in [3.8, 4) is 5.75 Å². The Morgan fingerprint density at radius 3 is 3.00 bits per heavy atom. The molecule has 0 heterocycles. The molecule has 2 N–H and O–H groups in total. The lowest BCUT2D eigenvalue weighted by molar-refractivity contribution is 0.414. The molecule has 17 heavy (non-hydrogen) atoms. The number of nitrogens with zero attached hydrogens (tertiary/aromatic N) is 1. The zero-order valence-electron chi connectivity index (χ0n) is 9.64. The predicted octanol–water partition coefficient (Wildman–Crippen LogP) is 1.68. The molecule has 0 saturated carbocycles. The van der Waals surface area contributed by atoms with Crippen LogP contribution >= 0.6 is 12.2 Å². The van der Waals surface area contributed by atoms with E-state index in [1.165, 1.54) is 0 Å². The number of benzene rings is 1. The van der Waals surface area contributed by atoms with Gasteiger partial charge in [-0.05, 0) is 24.4 Å². The van der Waals surface area contributed by atoms with Crippen molar-refractivity contribution in [2.24, 2.45) is 5.10 Å². The van der Waals surface area contributed by atoms with Crippen molar-refractivity contribution in [2.45, 2.75) is 0 Å². The monoisotopic (exact) mass is 249 g/mol. The van der Waals surface area contributed by atoms with E-state index in [1.54, 1.807) is 19.4 Å². The average Bonchev–Trinajstić information content (AvgIpc) is 2.37. The molecule has 0 unspecified atom stereocenters. The van der Waals surface area contributed by atoms with Crippen molar-refractivity contribution in [1.29, 1.82) is 0 Å². The maximum absolute atomic E-state index is 5.19. The fraction of sp³-hybridized carbons (Fsp3) is 0.167. The first-order valence-electron chi connectivity index (χ1n) is 5.08. The van der Waals surface area contributed by atoms with Crippen LogP contribution in [0.3, 0.4) is 0 Å². The van der Waals surface area contributed by atoms with Crippen molar-refractivity contribution in [2.75, 3.05) is 13.7 Å². The number of methoxy groups -OCH3 is 1. The molecule has 0 fully saturated rings. The van der Waals surface area contributed by atoms with Crippen LogP contribution in [0.2, 0.25) is 0 Å². The third-order valence-electron chi connectivity index (χ3n) is 1.92. The van der Waals surface area contributed by atoms with Gasteiger partial charge in [-0.25, -0.2) is 0 Å². The third kappa shape index (κ3) is 4.65. The van der Waals surface area contributed by atoms with Crippen LogP contribution in [0, 0.1) is 0 Å². The van der Waals surface area contributed by atoms with Gasteiger partial charge in [0.15, 0.2) is 5.11 Å². The molecule has 0 aromatic heterocycles. The fourth-order valence-corrected chi connectivity index (χ4v) is 1.27. The molecule has 0 aliphatic heterocycles. The molecular formula is C12H15N3OS. The summed E-state index contributed by atoms with van der Waals surface area (Å²) < 4.78 is 5.19. The third-order valence-corrected chi connectivity index (χ3v) is 2.15. The summed E-state index contributed by atoms with van der Waals surface area (Å²) >= 11 is 4.98. The van der Waals surface area contributed by atoms with E-state index >= 15 is 0 Å². The Hall–Kier alpha value is -1.88. The smallest absolute Gasteiger partial charge is 0.187 e. The molecule has 5 heteroatoms. The molecule has 0 saturated heterocycles. The summed E-state index contributed by atoms with van der Waals surface area (Å²) in [5.41, 5.74) is 3.59. The van der Waals surface area contributed by atoms with Gasteiger partial charge in [0, 0.05) is 12.1 Å². The molecule has 1 rings (SSSR count). The van der Waals surface area contributed by atoms with Gasteiger partial charge >= 0.3 is 0 Å². The minimum Gasteiger partial charge on any atom is -0.496 e. The SMILES string of the molecule is C=CCNC(=S)N/N=C\c1ccccc1OC. The maximum atomic E-state index is 5.19. The first-order valence-corrected chi connectivity index (χ1v) is 5.49. The van der Waals surface area contributed by atoms with Gasteiger partial charge in [0.1, 0.15) is 5.75 Å². The number of nitrogens with one attached hydrogen (secondary N) is 2. The van der Waals surface area contributed by atoms with Crippen LogP contribution in [-0.2, 0) is 0 Å². The molecule has 4 nitrogen and oxygen atoms in total. The Labute approximate surface area is 106 Å². The normalized spacial score (nSPS) is 9.94. The summed E-state index contributed by atoms with van der Waals surface area (Å²) in [5.74, 6) is 0.767. The molecule has 0 aliphatic carbocycles. The molecule has 0 radical (unpaired) electrons. The molecule has 1 aromatic carbocycles. The van der Waals surface area contributed by atoms with Gasteiger partial charge in [-0.3, -0.25) is 5.43 Å². The fourth-order valence-electron chi connectivity index (χ4n) is 1.14. The Balaban J connectivity index is 2.53. The lowest BCUT2D eigenvalue weighted by atomic mass is 10.2. The van der Waals surface area contributed by atoms with Gasteiger partial charge in [0.2, 0.25) is 0 Å². The van der Waals surface area contributed by atoms with E-state index in [4.69, 9.17) is 17.0 Å². The summed E-state index contributed by atoms with van der Waals surface area (Å²) in [5, 5.41) is 7.37. The summed E-state index contributed by atoms with van der Waals surface area (Å²) in [4.78, 5) is 0. The minimum atomic E-state index is 0.455. The van der Waals surface area contributed by atoms with Crippen molar-refractivity contribution in [3.05, 3.63) is 42.5 Å². The standard InChI is InChI=1S/C12H15N3OS/c1-3-8-13-12(17)15-14-9-10-6-4-5-7-11(10)16-2/h3-7,9H,1,8H2,2H3,(H2,13,15,17)/b14-9-. The molecule has 0 spiro atoms. The van der Waals surface area contributed by atoms with E-state index in [0.29, 0.717) is 11.7 Å². The van der Waals surface area contributed by atoms with Gasteiger partial charge in [-0.1, -0.05) is 18.2 Å². The van der Waals surface area contributed by atoms with E-state index in [2.05, 4.69) is 22.4 Å². The number of hydrogen-bond acceptors (Lipinski definition) is 3. The zero-order chi connectivity index (χ0) is 12.5. The average molecular weight is 249 g/mol. The van der Waals surface area contributed by atoms with Crippen LogP contribution in [-0.4, -0.2) is 25.0 Å². The van der Waals surface area contributed by atoms with Crippen LogP contribution in [0.15, 0.2) is 42.0 Å². The van der Waals surface area contributed by atoms with Crippen molar-refractivity contribution >= 4 is 23.5 Å². The number of rotatable bonds is 5.